The first-order chi connectivity index (χ1) is 26.1. The maximum absolute atomic E-state index is 10.7. The summed E-state index contributed by atoms with van der Waals surface area (Å²) in [4.78, 5) is 0. The van der Waals surface area contributed by atoms with Gasteiger partial charge in [0.15, 0.2) is 0 Å². The first kappa shape index (κ1) is 29.8. The molecule has 0 radical (unpaired) electrons. The van der Waals surface area contributed by atoms with Crippen molar-refractivity contribution in [2.24, 2.45) is 0 Å². The Morgan fingerprint density at radius 3 is 1.49 bits per heavy atom. The van der Waals surface area contributed by atoms with Crippen LogP contribution in [0.3, 0.4) is 0 Å². The van der Waals surface area contributed by atoms with E-state index in [-0.39, 0.29) is 22.3 Å². The van der Waals surface area contributed by atoms with Gasteiger partial charge in [0.25, 0.3) is 0 Å². The summed E-state index contributed by atoms with van der Waals surface area (Å²) in [6.45, 7) is 0. The van der Waals surface area contributed by atoms with E-state index in [0.29, 0.717) is 22.5 Å². The maximum Gasteiger partial charge on any atom is 0.137 e. The molecular formula is C46H22N6O. The van der Waals surface area contributed by atoms with Gasteiger partial charge in [-0.1, -0.05) is 72.8 Å². The summed E-state index contributed by atoms with van der Waals surface area (Å²) in [7, 11) is 0. The molecule has 0 aliphatic carbocycles. The van der Waals surface area contributed by atoms with Crippen molar-refractivity contribution in [1.82, 2.24) is 9.13 Å². The van der Waals surface area contributed by atoms with Crippen molar-refractivity contribution in [2.75, 3.05) is 0 Å². The Balaban J connectivity index is 1.25. The molecular weight excluding hydrogens is 653 g/mol. The lowest BCUT2D eigenvalue weighted by atomic mass is 9.91. The van der Waals surface area contributed by atoms with E-state index < -0.39 is 0 Å². The molecule has 0 bridgehead atoms. The van der Waals surface area contributed by atoms with E-state index in [9.17, 15) is 21.0 Å². The number of hydrogen-bond donors (Lipinski definition) is 0. The van der Waals surface area contributed by atoms with E-state index in [4.69, 9.17) is 4.42 Å². The van der Waals surface area contributed by atoms with Crippen LogP contribution in [0.4, 0.5) is 0 Å². The van der Waals surface area contributed by atoms with Gasteiger partial charge >= 0.3 is 0 Å². The van der Waals surface area contributed by atoms with Crippen LogP contribution < -0.4 is 0 Å². The number of nitriles is 4. The quantitative estimate of drug-likeness (QED) is 0.185. The van der Waals surface area contributed by atoms with Crippen LogP contribution in [0.25, 0.3) is 88.1 Å². The van der Waals surface area contributed by atoms with E-state index >= 15 is 0 Å². The summed E-state index contributed by atoms with van der Waals surface area (Å²) in [5, 5.41) is 48.6. The van der Waals surface area contributed by atoms with Crippen molar-refractivity contribution >= 4 is 65.6 Å². The van der Waals surface area contributed by atoms with E-state index in [1.165, 1.54) is 0 Å². The highest BCUT2D eigenvalue weighted by atomic mass is 16.3. The van der Waals surface area contributed by atoms with Crippen LogP contribution in [0, 0.1) is 45.3 Å². The highest BCUT2D eigenvalue weighted by Crippen LogP contribution is 2.43. The molecule has 7 heteroatoms. The van der Waals surface area contributed by atoms with Crippen LogP contribution in [0.2, 0.25) is 0 Å². The molecule has 242 valence electrons. The Hall–Kier alpha value is -8.10. The molecule has 53 heavy (non-hydrogen) atoms. The van der Waals surface area contributed by atoms with Gasteiger partial charge in [-0.2, -0.15) is 21.0 Å². The maximum atomic E-state index is 10.7. The molecule has 10 rings (SSSR count). The van der Waals surface area contributed by atoms with Crippen LogP contribution in [0.1, 0.15) is 22.3 Å². The van der Waals surface area contributed by atoms with Crippen LogP contribution in [0.15, 0.2) is 138 Å². The standard InChI is InChI=1S/C46H22N6O/c47-23-28-21-32(51-38-13-5-3-11-35(38)36-17-18-42-44(46(36)51)37-12-4-8-16-41(37)53-42)22-29(24-48)43(28)27-19-30(25-49)45(31(20-27)26-50)52-39-14-6-1-9-33(39)34-10-2-7-15-40(34)52/h1-22H. The summed E-state index contributed by atoms with van der Waals surface area (Å²) >= 11 is 0. The molecule has 0 N–H and O–H groups in total. The van der Waals surface area contributed by atoms with Gasteiger partial charge in [0, 0.05) is 38.2 Å². The van der Waals surface area contributed by atoms with Crippen LogP contribution in [-0.2, 0) is 0 Å². The minimum absolute atomic E-state index is 0.242. The molecule has 0 aliphatic rings. The molecule has 3 aromatic heterocycles. The van der Waals surface area contributed by atoms with E-state index in [1.54, 1.807) is 24.3 Å². The number of fused-ring (bicyclic) bond motifs is 10. The van der Waals surface area contributed by atoms with Gasteiger partial charge in [0.2, 0.25) is 0 Å². The average Bonchev–Trinajstić information content (AvgIpc) is 3.87. The number of aromatic nitrogens is 2. The van der Waals surface area contributed by atoms with Gasteiger partial charge in [-0.15, -0.1) is 0 Å². The second-order valence-corrected chi connectivity index (χ2v) is 12.9. The minimum atomic E-state index is 0.242. The van der Waals surface area contributed by atoms with Crippen LogP contribution in [0.5, 0.6) is 0 Å². The number of rotatable bonds is 3. The zero-order valence-corrected chi connectivity index (χ0v) is 27.8. The van der Waals surface area contributed by atoms with Gasteiger partial charge < -0.3 is 13.6 Å². The predicted octanol–water partition coefficient (Wildman–Crippen LogP) is 10.9. The van der Waals surface area contributed by atoms with Gasteiger partial charge in [-0.25, -0.2) is 0 Å². The molecule has 0 saturated heterocycles. The summed E-state index contributed by atoms with van der Waals surface area (Å²) in [6, 6.07) is 52.1. The molecule has 0 amide bonds. The normalized spacial score (nSPS) is 11.3. The van der Waals surface area contributed by atoms with Crippen molar-refractivity contribution in [3.8, 4) is 46.8 Å². The first-order valence-corrected chi connectivity index (χ1v) is 16.9. The fourth-order valence-corrected chi connectivity index (χ4v) is 8.13. The summed E-state index contributed by atoms with van der Waals surface area (Å²) in [5.41, 5.74) is 7.91. The molecule has 0 atom stereocenters. The molecule has 0 spiro atoms. The van der Waals surface area contributed by atoms with Crippen molar-refractivity contribution in [3.63, 3.8) is 0 Å². The Labute approximate surface area is 301 Å². The highest BCUT2D eigenvalue weighted by molar-refractivity contribution is 6.24. The van der Waals surface area contributed by atoms with E-state index in [0.717, 1.165) is 65.6 Å². The monoisotopic (exact) mass is 674 g/mol. The van der Waals surface area contributed by atoms with Crippen molar-refractivity contribution < 1.29 is 4.42 Å². The lowest BCUT2D eigenvalue weighted by Gasteiger charge is -2.16. The molecule has 7 nitrogen and oxygen atoms in total. The zero-order chi connectivity index (χ0) is 35.8. The Morgan fingerprint density at radius 2 is 0.925 bits per heavy atom. The van der Waals surface area contributed by atoms with Gasteiger partial charge in [-0.05, 0) is 66.2 Å². The smallest absolute Gasteiger partial charge is 0.137 e. The Kier molecular flexibility index (Phi) is 6.30. The minimum Gasteiger partial charge on any atom is -0.456 e. The van der Waals surface area contributed by atoms with Crippen LogP contribution >= 0.6 is 0 Å². The molecule has 7 aromatic carbocycles. The molecule has 0 aliphatic heterocycles. The van der Waals surface area contributed by atoms with Gasteiger partial charge in [-0.3, -0.25) is 0 Å². The highest BCUT2D eigenvalue weighted by Gasteiger charge is 2.24. The van der Waals surface area contributed by atoms with Crippen LogP contribution in [-0.4, -0.2) is 9.13 Å². The van der Waals surface area contributed by atoms with E-state index in [2.05, 4.69) is 41.0 Å². The molecule has 0 fully saturated rings. The third kappa shape index (κ3) is 4.11. The van der Waals surface area contributed by atoms with Crippen molar-refractivity contribution in [2.45, 2.75) is 0 Å². The second kappa shape index (κ2) is 11.2. The molecule has 0 unspecified atom stereocenters. The third-order valence-corrected chi connectivity index (χ3v) is 10.2. The molecule has 3 heterocycles. The number of benzene rings is 7. The first-order valence-electron chi connectivity index (χ1n) is 16.9. The third-order valence-electron chi connectivity index (χ3n) is 10.2. The summed E-state index contributed by atoms with van der Waals surface area (Å²) < 4.78 is 10.3. The number of furan rings is 1. The SMILES string of the molecule is N#Cc1cc(-n2c3ccccc3c3ccc4oc5ccccc5c4c32)cc(C#N)c1-c1cc(C#N)c(-n2c3ccccc3c3ccccc32)c(C#N)c1. The van der Waals surface area contributed by atoms with Gasteiger partial charge in [0.05, 0.1) is 67.5 Å². The summed E-state index contributed by atoms with van der Waals surface area (Å²) in [5.74, 6) is 0. The second-order valence-electron chi connectivity index (χ2n) is 12.9. The van der Waals surface area contributed by atoms with Crippen molar-refractivity contribution in [3.05, 3.63) is 156 Å². The number of para-hydroxylation sites is 4. The topological polar surface area (TPSA) is 118 Å². The lowest BCUT2D eigenvalue weighted by Crippen LogP contribution is -2.03. The average molecular weight is 675 g/mol. The lowest BCUT2D eigenvalue weighted by molar-refractivity contribution is 0.669. The molecule has 10 aromatic rings. The van der Waals surface area contributed by atoms with Crippen molar-refractivity contribution in [1.29, 1.82) is 21.0 Å². The number of nitrogens with zero attached hydrogens (tertiary/aromatic N) is 6. The zero-order valence-electron chi connectivity index (χ0n) is 27.8. The molecule has 0 saturated carbocycles. The fourth-order valence-electron chi connectivity index (χ4n) is 8.13. The summed E-state index contributed by atoms with van der Waals surface area (Å²) in [6.07, 6.45) is 0. The Bertz CT molecular complexity index is 3280. The largest absolute Gasteiger partial charge is 0.456 e. The number of hydrogen-bond acceptors (Lipinski definition) is 5. The fraction of sp³-hybridized carbons (Fsp3) is 0. The van der Waals surface area contributed by atoms with Gasteiger partial charge in [0.1, 0.15) is 23.3 Å². The van der Waals surface area contributed by atoms with E-state index in [1.807, 2.05) is 102 Å². The Morgan fingerprint density at radius 1 is 0.434 bits per heavy atom. The predicted molar refractivity (Wildman–Crippen MR) is 207 cm³/mol.